The van der Waals surface area contributed by atoms with E-state index >= 15 is 0 Å². The van der Waals surface area contributed by atoms with Gasteiger partial charge in [0.05, 0.1) is 5.02 Å². The van der Waals surface area contributed by atoms with Crippen LogP contribution in [0.25, 0.3) is 0 Å². The van der Waals surface area contributed by atoms with Gasteiger partial charge in [0.1, 0.15) is 5.15 Å². The molecule has 1 unspecified atom stereocenters. The zero-order valence-electron chi connectivity index (χ0n) is 6.42. The van der Waals surface area contributed by atoms with E-state index in [9.17, 15) is 0 Å². The molecule has 0 aliphatic carbocycles. The summed E-state index contributed by atoms with van der Waals surface area (Å²) in [7, 11) is 0. The molecule has 1 heterocycles. The Balaban J connectivity index is 0.00000121. The van der Waals surface area contributed by atoms with Crippen LogP contribution in [-0.2, 0) is 0 Å². The fourth-order valence-electron chi connectivity index (χ4n) is 0.685. The topological polar surface area (TPSA) is 38.9 Å². The van der Waals surface area contributed by atoms with Crippen LogP contribution in [0, 0.1) is 0 Å². The molecule has 1 aromatic heterocycles. The molecule has 0 spiro atoms. The monoisotopic (exact) mass is 226 g/mol. The molecule has 0 bridgehead atoms. The van der Waals surface area contributed by atoms with Crippen molar-refractivity contribution < 1.29 is 0 Å². The fraction of sp³-hybridized carbons (Fsp3) is 0.286. The van der Waals surface area contributed by atoms with Crippen LogP contribution in [-0.4, -0.2) is 4.98 Å². The summed E-state index contributed by atoms with van der Waals surface area (Å²) in [4.78, 5) is 3.85. The second-order valence-corrected chi connectivity index (χ2v) is 3.10. The average Bonchev–Trinajstić information content (AvgIpc) is 1.94. The Morgan fingerprint density at radius 1 is 1.50 bits per heavy atom. The smallest absolute Gasteiger partial charge is 0.147 e. The molecule has 0 aliphatic rings. The maximum atomic E-state index is 5.71. The average molecular weight is 228 g/mol. The summed E-state index contributed by atoms with van der Waals surface area (Å²) in [6.45, 7) is 1.86. The highest BCUT2D eigenvalue weighted by Gasteiger charge is 2.03. The molecule has 68 valence electrons. The van der Waals surface area contributed by atoms with E-state index in [1.165, 1.54) is 0 Å². The molecular weight excluding hydrogens is 218 g/mol. The molecule has 5 heteroatoms. The van der Waals surface area contributed by atoms with Gasteiger partial charge in [0.15, 0.2) is 0 Å². The number of hydrogen-bond donors (Lipinski definition) is 1. The normalized spacial score (nSPS) is 12.0. The Bertz CT molecular complexity index is 263. The van der Waals surface area contributed by atoms with E-state index < -0.39 is 0 Å². The van der Waals surface area contributed by atoms with E-state index in [1.807, 2.05) is 6.92 Å². The minimum absolute atomic E-state index is 0. The van der Waals surface area contributed by atoms with Crippen LogP contribution in [0.2, 0.25) is 10.2 Å². The highest BCUT2D eigenvalue weighted by Crippen LogP contribution is 2.21. The molecule has 1 atom stereocenters. The summed E-state index contributed by atoms with van der Waals surface area (Å²) in [5.41, 5.74) is 6.48. The summed E-state index contributed by atoms with van der Waals surface area (Å²) < 4.78 is 0. The SMILES string of the molecule is CC(N)c1cnc(Cl)c(Cl)c1.Cl. The Morgan fingerprint density at radius 3 is 2.50 bits per heavy atom. The molecule has 0 amide bonds. The number of rotatable bonds is 1. The zero-order chi connectivity index (χ0) is 8.43. The largest absolute Gasteiger partial charge is 0.324 e. The highest BCUT2D eigenvalue weighted by molar-refractivity contribution is 6.41. The first-order valence-corrected chi connectivity index (χ1v) is 3.93. The first kappa shape index (κ1) is 12.0. The minimum Gasteiger partial charge on any atom is -0.324 e. The third-order valence-electron chi connectivity index (χ3n) is 1.34. The first-order chi connectivity index (χ1) is 5.11. The summed E-state index contributed by atoms with van der Waals surface area (Å²) >= 11 is 11.3. The standard InChI is InChI=1S/C7H8Cl2N2.ClH/c1-4(10)5-2-6(8)7(9)11-3-5;/h2-4H,10H2,1H3;1H. The predicted molar refractivity (Wildman–Crippen MR) is 54.1 cm³/mol. The number of nitrogens with two attached hydrogens (primary N) is 1. The van der Waals surface area contributed by atoms with Crippen LogP contribution in [0.5, 0.6) is 0 Å². The van der Waals surface area contributed by atoms with Crippen molar-refractivity contribution in [1.82, 2.24) is 4.98 Å². The number of halogens is 3. The molecule has 2 N–H and O–H groups in total. The summed E-state index contributed by atoms with van der Waals surface area (Å²) in [5, 5.41) is 0.762. The van der Waals surface area contributed by atoms with Gasteiger partial charge >= 0.3 is 0 Å². The van der Waals surface area contributed by atoms with Gasteiger partial charge in [-0.2, -0.15) is 0 Å². The Hall–Kier alpha value is -0.0200. The number of aromatic nitrogens is 1. The number of nitrogens with zero attached hydrogens (tertiary/aromatic N) is 1. The number of hydrogen-bond acceptors (Lipinski definition) is 2. The van der Waals surface area contributed by atoms with E-state index in [-0.39, 0.29) is 18.4 Å². The van der Waals surface area contributed by atoms with Crippen molar-refractivity contribution in [3.8, 4) is 0 Å². The van der Waals surface area contributed by atoms with Crippen molar-refractivity contribution in [2.24, 2.45) is 5.73 Å². The second kappa shape index (κ2) is 4.87. The lowest BCUT2D eigenvalue weighted by Crippen LogP contribution is -2.05. The van der Waals surface area contributed by atoms with Crippen LogP contribution in [0.1, 0.15) is 18.5 Å². The molecule has 0 fully saturated rings. The maximum absolute atomic E-state index is 5.71. The quantitative estimate of drug-likeness (QED) is 0.749. The zero-order valence-corrected chi connectivity index (χ0v) is 8.75. The van der Waals surface area contributed by atoms with Crippen LogP contribution in [0.3, 0.4) is 0 Å². The van der Waals surface area contributed by atoms with Crippen molar-refractivity contribution >= 4 is 35.6 Å². The van der Waals surface area contributed by atoms with Crippen LogP contribution in [0.15, 0.2) is 12.3 Å². The summed E-state index contributed by atoms with van der Waals surface area (Å²) in [6.07, 6.45) is 1.62. The Kier molecular flexibility index (Phi) is 4.87. The predicted octanol–water partition coefficient (Wildman–Crippen LogP) is 2.83. The summed E-state index contributed by atoms with van der Waals surface area (Å²) in [5.74, 6) is 0. The van der Waals surface area contributed by atoms with Gasteiger partial charge in [0, 0.05) is 12.2 Å². The van der Waals surface area contributed by atoms with E-state index in [2.05, 4.69) is 4.98 Å². The molecule has 1 rings (SSSR count). The van der Waals surface area contributed by atoms with Crippen molar-refractivity contribution in [3.05, 3.63) is 28.0 Å². The highest BCUT2D eigenvalue weighted by atomic mass is 35.5. The van der Waals surface area contributed by atoms with Gasteiger partial charge in [0.25, 0.3) is 0 Å². The molecule has 0 saturated carbocycles. The van der Waals surface area contributed by atoms with Gasteiger partial charge in [-0.15, -0.1) is 12.4 Å². The molecule has 0 aromatic carbocycles. The molecule has 0 radical (unpaired) electrons. The van der Waals surface area contributed by atoms with Gasteiger partial charge < -0.3 is 5.73 Å². The summed E-state index contributed by atoms with van der Waals surface area (Å²) in [6, 6.07) is 1.67. The molecule has 12 heavy (non-hydrogen) atoms. The lowest BCUT2D eigenvalue weighted by molar-refractivity contribution is 0.812. The van der Waals surface area contributed by atoms with Crippen molar-refractivity contribution in [3.63, 3.8) is 0 Å². The Labute approximate surface area is 87.5 Å². The molecule has 1 aromatic rings. The fourth-order valence-corrected chi connectivity index (χ4v) is 0.963. The molecule has 0 aliphatic heterocycles. The second-order valence-electron chi connectivity index (χ2n) is 2.33. The van der Waals surface area contributed by atoms with E-state index in [1.54, 1.807) is 12.3 Å². The van der Waals surface area contributed by atoms with E-state index in [4.69, 9.17) is 28.9 Å². The molecule has 0 saturated heterocycles. The Morgan fingerprint density at radius 2 is 2.08 bits per heavy atom. The van der Waals surface area contributed by atoms with Gasteiger partial charge in [-0.3, -0.25) is 0 Å². The minimum atomic E-state index is -0.0581. The molecule has 2 nitrogen and oxygen atoms in total. The van der Waals surface area contributed by atoms with E-state index in [0.29, 0.717) is 10.2 Å². The maximum Gasteiger partial charge on any atom is 0.147 e. The lowest BCUT2D eigenvalue weighted by Gasteiger charge is -2.04. The van der Waals surface area contributed by atoms with Crippen LogP contribution >= 0.6 is 35.6 Å². The first-order valence-electron chi connectivity index (χ1n) is 3.18. The lowest BCUT2D eigenvalue weighted by atomic mass is 10.2. The van der Waals surface area contributed by atoms with Crippen LogP contribution < -0.4 is 5.73 Å². The third kappa shape index (κ3) is 2.79. The van der Waals surface area contributed by atoms with Gasteiger partial charge in [-0.1, -0.05) is 23.2 Å². The number of pyridine rings is 1. The van der Waals surface area contributed by atoms with Gasteiger partial charge in [0.2, 0.25) is 0 Å². The third-order valence-corrected chi connectivity index (χ3v) is 2.03. The van der Waals surface area contributed by atoms with Gasteiger partial charge in [-0.25, -0.2) is 4.98 Å². The molecular formula is C7H9Cl3N2. The van der Waals surface area contributed by atoms with Crippen molar-refractivity contribution in [2.45, 2.75) is 13.0 Å². The van der Waals surface area contributed by atoms with Gasteiger partial charge in [-0.05, 0) is 18.6 Å². The van der Waals surface area contributed by atoms with Crippen LogP contribution in [0.4, 0.5) is 0 Å². The van der Waals surface area contributed by atoms with E-state index in [0.717, 1.165) is 5.56 Å². The van der Waals surface area contributed by atoms with Crippen molar-refractivity contribution in [2.75, 3.05) is 0 Å². The van der Waals surface area contributed by atoms with Crippen molar-refractivity contribution in [1.29, 1.82) is 0 Å².